The Hall–Kier alpha value is -1.07. The molecule has 0 bridgehead atoms. The molecule has 0 aromatic heterocycles. The highest BCUT2D eigenvalue weighted by molar-refractivity contribution is 7.51. The van der Waals surface area contributed by atoms with Gasteiger partial charge in [0.1, 0.15) is 0 Å². The van der Waals surface area contributed by atoms with Gasteiger partial charge in [0.25, 0.3) is 0 Å². The van der Waals surface area contributed by atoms with Crippen LogP contribution in [0.1, 0.15) is 5.56 Å². The maximum Gasteiger partial charge on any atom is 0.339 e. The zero-order chi connectivity index (χ0) is 12.2. The van der Waals surface area contributed by atoms with Crippen molar-refractivity contribution in [1.29, 1.82) is 0 Å². The van der Waals surface area contributed by atoms with Gasteiger partial charge in [0.15, 0.2) is 11.5 Å². The highest BCUT2D eigenvalue weighted by Gasteiger charge is 2.10. The molecule has 16 heavy (non-hydrogen) atoms. The minimum atomic E-state index is -4.00. The van der Waals surface area contributed by atoms with Gasteiger partial charge in [-0.1, -0.05) is 6.07 Å². The number of aromatic hydroxyl groups is 2. The van der Waals surface area contributed by atoms with E-state index < -0.39 is 7.60 Å². The van der Waals surface area contributed by atoms with Crippen LogP contribution in [0, 0.1) is 0 Å². The molecule has 0 unspecified atom stereocenters. The summed E-state index contributed by atoms with van der Waals surface area (Å²) >= 11 is 0. The van der Waals surface area contributed by atoms with Crippen LogP contribution in [0.25, 0.3) is 0 Å². The first-order valence-electron chi connectivity index (χ1n) is 4.64. The van der Waals surface area contributed by atoms with E-state index in [1.165, 1.54) is 12.1 Å². The second-order valence-corrected chi connectivity index (χ2v) is 5.04. The second-order valence-electron chi connectivity index (χ2n) is 3.40. The summed E-state index contributed by atoms with van der Waals surface area (Å²) in [5.74, 6) is -0.389. The van der Waals surface area contributed by atoms with E-state index in [1.54, 1.807) is 6.07 Å². The quantitative estimate of drug-likeness (QED) is 0.292. The Morgan fingerprint density at radius 2 is 1.88 bits per heavy atom. The van der Waals surface area contributed by atoms with Gasteiger partial charge >= 0.3 is 7.60 Å². The SMILES string of the molecule is O=P(O)(O)CNCCc1ccc(O)c(O)c1. The topological polar surface area (TPSA) is 110 Å². The first kappa shape index (κ1) is 13.0. The Morgan fingerprint density at radius 1 is 1.19 bits per heavy atom. The van der Waals surface area contributed by atoms with Gasteiger partial charge in [-0.2, -0.15) is 0 Å². The van der Waals surface area contributed by atoms with E-state index in [2.05, 4.69) is 5.32 Å². The predicted molar refractivity (Wildman–Crippen MR) is 58.4 cm³/mol. The normalized spacial score (nSPS) is 11.6. The van der Waals surface area contributed by atoms with E-state index in [1.807, 2.05) is 0 Å². The molecule has 0 aliphatic rings. The molecule has 0 heterocycles. The van der Waals surface area contributed by atoms with Gasteiger partial charge in [-0.05, 0) is 30.7 Å². The lowest BCUT2D eigenvalue weighted by molar-refractivity contribution is 0.368. The summed E-state index contributed by atoms with van der Waals surface area (Å²) in [4.78, 5) is 17.1. The van der Waals surface area contributed by atoms with Crippen molar-refractivity contribution in [1.82, 2.24) is 5.32 Å². The van der Waals surface area contributed by atoms with Crippen molar-refractivity contribution < 1.29 is 24.6 Å². The fourth-order valence-electron chi connectivity index (χ4n) is 1.18. The molecule has 7 heteroatoms. The summed E-state index contributed by atoms with van der Waals surface area (Å²) in [6.07, 6.45) is 0.144. The molecule has 0 aliphatic carbocycles. The Balaban J connectivity index is 2.38. The molecule has 0 aliphatic heterocycles. The van der Waals surface area contributed by atoms with Gasteiger partial charge in [0, 0.05) is 0 Å². The third-order valence-electron chi connectivity index (χ3n) is 1.95. The number of hydrogen-bond acceptors (Lipinski definition) is 4. The zero-order valence-electron chi connectivity index (χ0n) is 8.50. The molecule has 6 nitrogen and oxygen atoms in total. The van der Waals surface area contributed by atoms with Gasteiger partial charge in [0.05, 0.1) is 6.29 Å². The molecular formula is C9H14NO5P. The average molecular weight is 247 g/mol. The number of benzene rings is 1. The van der Waals surface area contributed by atoms with Crippen LogP contribution < -0.4 is 5.32 Å². The molecule has 1 aromatic rings. The first-order chi connectivity index (χ1) is 7.38. The van der Waals surface area contributed by atoms with Crippen molar-refractivity contribution >= 4 is 7.60 Å². The third-order valence-corrected chi connectivity index (χ3v) is 2.58. The number of phenolic OH excluding ortho intramolecular Hbond substituents is 2. The van der Waals surface area contributed by atoms with E-state index >= 15 is 0 Å². The minimum Gasteiger partial charge on any atom is -0.504 e. The predicted octanol–water partition coefficient (Wildman–Crippen LogP) is 0.365. The fourth-order valence-corrected chi connectivity index (χ4v) is 1.63. The highest BCUT2D eigenvalue weighted by atomic mass is 31.2. The smallest absolute Gasteiger partial charge is 0.339 e. The van der Waals surface area contributed by atoms with E-state index in [-0.39, 0.29) is 17.8 Å². The largest absolute Gasteiger partial charge is 0.504 e. The number of hydrogen-bond donors (Lipinski definition) is 5. The molecule has 1 aromatic carbocycles. The lowest BCUT2D eigenvalue weighted by atomic mass is 10.1. The third kappa shape index (κ3) is 4.63. The van der Waals surface area contributed by atoms with Crippen molar-refractivity contribution in [2.75, 3.05) is 12.8 Å². The van der Waals surface area contributed by atoms with Crippen LogP contribution in [0.3, 0.4) is 0 Å². The Bertz CT molecular complexity index is 403. The average Bonchev–Trinajstić information content (AvgIpc) is 2.17. The van der Waals surface area contributed by atoms with E-state index in [0.29, 0.717) is 13.0 Å². The van der Waals surface area contributed by atoms with Gasteiger partial charge < -0.3 is 25.3 Å². The number of rotatable bonds is 5. The van der Waals surface area contributed by atoms with Crippen LogP contribution in [0.4, 0.5) is 0 Å². The second kappa shape index (κ2) is 5.32. The molecule has 5 N–H and O–H groups in total. The first-order valence-corrected chi connectivity index (χ1v) is 6.44. The van der Waals surface area contributed by atoms with E-state index in [4.69, 9.17) is 14.9 Å². The molecule has 0 atom stereocenters. The van der Waals surface area contributed by atoms with Crippen molar-refractivity contribution in [2.24, 2.45) is 0 Å². The molecule has 1 rings (SSSR count). The van der Waals surface area contributed by atoms with Crippen molar-refractivity contribution in [3.05, 3.63) is 23.8 Å². The number of phenols is 2. The fraction of sp³-hybridized carbons (Fsp3) is 0.333. The lowest BCUT2D eigenvalue weighted by Gasteiger charge is -2.06. The lowest BCUT2D eigenvalue weighted by Crippen LogP contribution is -2.18. The minimum absolute atomic E-state index is 0.188. The summed E-state index contributed by atoms with van der Waals surface area (Å²) in [6, 6.07) is 4.41. The van der Waals surface area contributed by atoms with E-state index in [9.17, 15) is 9.67 Å². The van der Waals surface area contributed by atoms with Gasteiger partial charge in [0.2, 0.25) is 0 Å². The van der Waals surface area contributed by atoms with Crippen LogP contribution in [-0.4, -0.2) is 32.8 Å². The van der Waals surface area contributed by atoms with Gasteiger partial charge in [-0.15, -0.1) is 0 Å². The van der Waals surface area contributed by atoms with Crippen LogP contribution in [0.2, 0.25) is 0 Å². The van der Waals surface area contributed by atoms with E-state index in [0.717, 1.165) is 5.56 Å². The van der Waals surface area contributed by atoms with Crippen molar-refractivity contribution in [3.63, 3.8) is 0 Å². The van der Waals surface area contributed by atoms with Crippen LogP contribution in [-0.2, 0) is 11.0 Å². The monoisotopic (exact) mass is 247 g/mol. The summed E-state index contributed by atoms with van der Waals surface area (Å²) in [5.41, 5.74) is 0.772. The van der Waals surface area contributed by atoms with Crippen molar-refractivity contribution in [3.8, 4) is 11.5 Å². The molecule has 0 saturated heterocycles. The molecule has 0 saturated carbocycles. The summed E-state index contributed by atoms with van der Waals surface area (Å²) in [7, 11) is -4.00. The van der Waals surface area contributed by atoms with Gasteiger partial charge in [-0.25, -0.2) is 0 Å². The van der Waals surface area contributed by atoms with Gasteiger partial charge in [-0.3, -0.25) is 4.57 Å². The molecule has 0 radical (unpaired) electrons. The standard InChI is InChI=1S/C9H14NO5P/c11-8-2-1-7(5-9(8)12)3-4-10-6-16(13,14)15/h1-2,5,10-12H,3-4,6H2,(H2,13,14,15). The van der Waals surface area contributed by atoms with Crippen LogP contribution in [0.5, 0.6) is 11.5 Å². The zero-order valence-corrected chi connectivity index (χ0v) is 9.39. The Kier molecular flexibility index (Phi) is 4.32. The molecule has 0 spiro atoms. The summed E-state index contributed by atoms with van der Waals surface area (Å²) in [6.45, 7) is 0.384. The molecule has 0 amide bonds. The summed E-state index contributed by atoms with van der Waals surface area (Å²) in [5, 5.41) is 20.8. The highest BCUT2D eigenvalue weighted by Crippen LogP contribution is 2.31. The van der Waals surface area contributed by atoms with Crippen molar-refractivity contribution in [2.45, 2.75) is 6.42 Å². The maximum atomic E-state index is 10.5. The Labute approximate surface area is 92.7 Å². The number of nitrogens with one attached hydrogen (secondary N) is 1. The maximum absolute atomic E-state index is 10.5. The molecular weight excluding hydrogens is 233 g/mol. The van der Waals surface area contributed by atoms with Crippen LogP contribution in [0.15, 0.2) is 18.2 Å². The Morgan fingerprint density at radius 3 is 2.44 bits per heavy atom. The summed E-state index contributed by atoms with van der Waals surface area (Å²) < 4.78 is 10.5. The molecule has 0 fully saturated rings. The van der Waals surface area contributed by atoms with Crippen LogP contribution >= 0.6 is 7.60 Å². The molecule has 90 valence electrons.